The van der Waals surface area contributed by atoms with E-state index in [1.807, 2.05) is 5.38 Å². The Morgan fingerprint density at radius 2 is 2.20 bits per heavy atom. The van der Waals surface area contributed by atoms with Crippen molar-refractivity contribution in [3.63, 3.8) is 0 Å². The van der Waals surface area contributed by atoms with Gasteiger partial charge >= 0.3 is 0 Å². The Kier molecular flexibility index (Phi) is 3.39. The van der Waals surface area contributed by atoms with Crippen LogP contribution in [-0.2, 0) is 16.6 Å². The molecule has 1 fully saturated rings. The molecular weight excluding hydrogens is 296 g/mol. The third-order valence-electron chi connectivity index (χ3n) is 3.27. The van der Waals surface area contributed by atoms with Gasteiger partial charge in [0, 0.05) is 11.3 Å². The van der Waals surface area contributed by atoms with Crippen LogP contribution in [0.5, 0.6) is 0 Å². The predicted octanol–water partition coefficient (Wildman–Crippen LogP) is 1.84. The van der Waals surface area contributed by atoms with Crippen molar-refractivity contribution in [2.24, 2.45) is 0 Å². The first kappa shape index (κ1) is 13.7. The van der Waals surface area contributed by atoms with Gasteiger partial charge in [-0.3, -0.25) is 5.10 Å². The first-order valence-electron chi connectivity index (χ1n) is 6.43. The zero-order valence-electron chi connectivity index (χ0n) is 11.3. The fourth-order valence-corrected chi connectivity index (χ4v) is 4.46. The van der Waals surface area contributed by atoms with Crippen molar-refractivity contribution in [1.82, 2.24) is 19.9 Å². The number of aromatic nitrogens is 3. The van der Waals surface area contributed by atoms with Crippen LogP contribution in [0.2, 0.25) is 0 Å². The quantitative estimate of drug-likeness (QED) is 0.882. The van der Waals surface area contributed by atoms with Crippen LogP contribution in [0.15, 0.2) is 10.3 Å². The maximum absolute atomic E-state index is 12.3. The molecule has 2 heterocycles. The number of rotatable bonds is 5. The van der Waals surface area contributed by atoms with Gasteiger partial charge in [-0.25, -0.2) is 18.1 Å². The van der Waals surface area contributed by atoms with E-state index in [-0.39, 0.29) is 11.4 Å². The molecule has 0 aliphatic heterocycles. The molecule has 0 aromatic carbocycles. The second-order valence-electron chi connectivity index (χ2n) is 5.04. The van der Waals surface area contributed by atoms with Gasteiger partial charge in [-0.2, -0.15) is 5.10 Å². The normalized spacial score (nSPS) is 15.7. The molecule has 0 radical (unpaired) electrons. The monoisotopic (exact) mass is 312 g/mol. The summed E-state index contributed by atoms with van der Waals surface area (Å²) in [5.41, 5.74) is 1.80. The standard InChI is InChI=1S/C12H16N4O2S2/c1-7-11(8(2)16-15-7)20(17,18)13-5-10-6-19-12(14-10)9-3-4-9/h6,9,13H,3-5H2,1-2H3,(H,15,16). The smallest absolute Gasteiger partial charge is 0.244 e. The highest BCUT2D eigenvalue weighted by Crippen LogP contribution is 2.41. The zero-order chi connectivity index (χ0) is 14.3. The summed E-state index contributed by atoms with van der Waals surface area (Å²) in [6.07, 6.45) is 2.40. The zero-order valence-corrected chi connectivity index (χ0v) is 12.9. The van der Waals surface area contributed by atoms with E-state index in [0.29, 0.717) is 17.3 Å². The molecule has 0 amide bonds. The van der Waals surface area contributed by atoms with Gasteiger partial charge in [-0.05, 0) is 26.7 Å². The Morgan fingerprint density at radius 3 is 2.80 bits per heavy atom. The van der Waals surface area contributed by atoms with Crippen LogP contribution in [0.4, 0.5) is 0 Å². The first-order valence-corrected chi connectivity index (χ1v) is 8.79. The highest BCUT2D eigenvalue weighted by molar-refractivity contribution is 7.89. The second kappa shape index (κ2) is 4.94. The molecule has 0 unspecified atom stereocenters. The van der Waals surface area contributed by atoms with E-state index in [9.17, 15) is 8.42 Å². The van der Waals surface area contributed by atoms with Crippen molar-refractivity contribution in [3.8, 4) is 0 Å². The van der Waals surface area contributed by atoms with E-state index in [2.05, 4.69) is 19.9 Å². The van der Waals surface area contributed by atoms with Gasteiger partial charge in [0.05, 0.1) is 28.6 Å². The lowest BCUT2D eigenvalue weighted by molar-refractivity contribution is 0.579. The molecule has 0 atom stereocenters. The van der Waals surface area contributed by atoms with Crippen molar-refractivity contribution in [3.05, 3.63) is 27.5 Å². The van der Waals surface area contributed by atoms with Crippen molar-refractivity contribution < 1.29 is 8.42 Å². The van der Waals surface area contributed by atoms with Gasteiger partial charge in [-0.1, -0.05) is 0 Å². The molecule has 2 aromatic rings. The van der Waals surface area contributed by atoms with Crippen LogP contribution < -0.4 is 4.72 Å². The van der Waals surface area contributed by atoms with E-state index >= 15 is 0 Å². The Morgan fingerprint density at radius 1 is 1.45 bits per heavy atom. The Labute approximate surface area is 121 Å². The first-order chi connectivity index (χ1) is 9.47. The van der Waals surface area contributed by atoms with Crippen LogP contribution in [0, 0.1) is 13.8 Å². The van der Waals surface area contributed by atoms with Gasteiger partial charge in [0.1, 0.15) is 4.90 Å². The van der Waals surface area contributed by atoms with Crippen LogP contribution in [-0.4, -0.2) is 23.6 Å². The summed E-state index contributed by atoms with van der Waals surface area (Å²) in [6, 6.07) is 0. The number of nitrogens with one attached hydrogen (secondary N) is 2. The van der Waals surface area contributed by atoms with E-state index in [1.54, 1.807) is 25.2 Å². The highest BCUT2D eigenvalue weighted by Gasteiger charge is 2.27. The minimum atomic E-state index is -3.55. The van der Waals surface area contributed by atoms with Gasteiger partial charge < -0.3 is 0 Å². The maximum Gasteiger partial charge on any atom is 0.244 e. The van der Waals surface area contributed by atoms with Crippen LogP contribution >= 0.6 is 11.3 Å². The number of aromatic amines is 1. The van der Waals surface area contributed by atoms with E-state index in [4.69, 9.17) is 0 Å². The number of H-pyrrole nitrogens is 1. The summed E-state index contributed by atoms with van der Waals surface area (Å²) in [5, 5.41) is 9.64. The lowest BCUT2D eigenvalue weighted by Gasteiger charge is -2.05. The summed E-state index contributed by atoms with van der Waals surface area (Å²) in [6.45, 7) is 3.59. The van der Waals surface area contributed by atoms with Gasteiger partial charge in [0.15, 0.2) is 0 Å². The Balaban J connectivity index is 1.73. The molecule has 8 heteroatoms. The molecule has 108 valence electrons. The molecule has 1 aliphatic carbocycles. The van der Waals surface area contributed by atoms with E-state index < -0.39 is 10.0 Å². The summed E-state index contributed by atoms with van der Waals surface area (Å²) in [7, 11) is -3.55. The lowest BCUT2D eigenvalue weighted by Crippen LogP contribution is -2.24. The van der Waals surface area contributed by atoms with E-state index in [0.717, 1.165) is 10.7 Å². The molecule has 1 saturated carbocycles. The van der Waals surface area contributed by atoms with Crippen LogP contribution in [0.1, 0.15) is 40.8 Å². The average molecular weight is 312 g/mol. The van der Waals surface area contributed by atoms with Gasteiger partial charge in [0.25, 0.3) is 0 Å². The fraction of sp³-hybridized carbons (Fsp3) is 0.500. The molecule has 20 heavy (non-hydrogen) atoms. The number of sulfonamides is 1. The summed E-state index contributed by atoms with van der Waals surface area (Å²) >= 11 is 1.61. The number of nitrogens with zero attached hydrogens (tertiary/aromatic N) is 2. The minimum absolute atomic E-state index is 0.218. The summed E-state index contributed by atoms with van der Waals surface area (Å²) in [4.78, 5) is 4.70. The molecule has 6 nitrogen and oxygen atoms in total. The van der Waals surface area contributed by atoms with Crippen molar-refractivity contribution in [1.29, 1.82) is 0 Å². The van der Waals surface area contributed by atoms with Crippen molar-refractivity contribution in [2.45, 2.75) is 44.0 Å². The SMILES string of the molecule is Cc1n[nH]c(C)c1S(=O)(=O)NCc1csc(C2CC2)n1. The molecule has 1 aliphatic rings. The molecule has 2 aromatic heterocycles. The number of hydrogen-bond acceptors (Lipinski definition) is 5. The maximum atomic E-state index is 12.3. The van der Waals surface area contributed by atoms with Gasteiger partial charge in [-0.15, -0.1) is 11.3 Å². The highest BCUT2D eigenvalue weighted by atomic mass is 32.2. The molecule has 3 rings (SSSR count). The minimum Gasteiger partial charge on any atom is -0.281 e. The Bertz CT molecular complexity index is 709. The third kappa shape index (κ3) is 2.63. The summed E-state index contributed by atoms with van der Waals surface area (Å²) in [5.74, 6) is 0.601. The second-order valence-corrected chi connectivity index (χ2v) is 7.63. The van der Waals surface area contributed by atoms with Crippen LogP contribution in [0.3, 0.4) is 0 Å². The number of thiazole rings is 1. The molecule has 0 saturated heterocycles. The predicted molar refractivity (Wildman–Crippen MR) is 76.2 cm³/mol. The van der Waals surface area contributed by atoms with Crippen LogP contribution in [0.25, 0.3) is 0 Å². The average Bonchev–Trinajstić information content (AvgIpc) is 3.03. The number of hydrogen-bond donors (Lipinski definition) is 2. The molecule has 2 N–H and O–H groups in total. The fourth-order valence-electron chi connectivity index (χ4n) is 2.10. The molecule has 0 bridgehead atoms. The molecule has 0 spiro atoms. The number of aryl methyl sites for hydroxylation is 2. The van der Waals surface area contributed by atoms with E-state index in [1.165, 1.54) is 12.8 Å². The summed E-state index contributed by atoms with van der Waals surface area (Å²) < 4.78 is 27.1. The lowest BCUT2D eigenvalue weighted by atomic mass is 10.4. The molecular formula is C12H16N4O2S2. The van der Waals surface area contributed by atoms with Crippen molar-refractivity contribution in [2.75, 3.05) is 0 Å². The Hall–Kier alpha value is -1.25. The topological polar surface area (TPSA) is 87.7 Å². The largest absolute Gasteiger partial charge is 0.281 e. The van der Waals surface area contributed by atoms with Gasteiger partial charge in [0.2, 0.25) is 10.0 Å². The van der Waals surface area contributed by atoms with Crippen molar-refractivity contribution >= 4 is 21.4 Å². The third-order valence-corrected chi connectivity index (χ3v) is 5.99.